The van der Waals surface area contributed by atoms with E-state index in [1.807, 2.05) is 25.1 Å². The van der Waals surface area contributed by atoms with Crippen LogP contribution in [-0.4, -0.2) is 36.2 Å². The predicted molar refractivity (Wildman–Crippen MR) is 132 cm³/mol. The molecule has 0 radical (unpaired) electrons. The number of benzene rings is 3. The highest BCUT2D eigenvalue weighted by Gasteiger charge is 2.59. The third kappa shape index (κ3) is 3.68. The molecule has 2 aliphatic rings. The van der Waals surface area contributed by atoms with E-state index < -0.39 is 4.87 Å². The van der Waals surface area contributed by atoms with Crippen molar-refractivity contribution in [2.24, 2.45) is 0 Å². The lowest BCUT2D eigenvalue weighted by atomic mass is 10.0. The van der Waals surface area contributed by atoms with Crippen LogP contribution in [0.1, 0.15) is 16.7 Å². The molecule has 34 heavy (non-hydrogen) atoms. The molecular formula is C26H24FN3O3S. The Bertz CT molecular complexity index is 1270. The Morgan fingerprint density at radius 2 is 1.94 bits per heavy atom. The van der Waals surface area contributed by atoms with Gasteiger partial charge < -0.3 is 15.0 Å². The number of aryl methyl sites for hydroxylation is 1. The Kier molecular flexibility index (Phi) is 5.69. The summed E-state index contributed by atoms with van der Waals surface area (Å²) in [5.41, 5.74) is 4.00. The van der Waals surface area contributed by atoms with E-state index in [1.54, 1.807) is 53.3 Å². The van der Waals surface area contributed by atoms with Gasteiger partial charge in [-0.1, -0.05) is 35.9 Å². The maximum Gasteiger partial charge on any atom is 0.323 e. The molecule has 0 bridgehead atoms. The van der Waals surface area contributed by atoms with Crippen molar-refractivity contribution in [1.82, 2.24) is 4.90 Å². The molecule has 1 saturated heterocycles. The zero-order valence-corrected chi connectivity index (χ0v) is 19.7. The van der Waals surface area contributed by atoms with Crippen molar-refractivity contribution < 1.29 is 18.7 Å². The van der Waals surface area contributed by atoms with Gasteiger partial charge in [0.1, 0.15) is 11.6 Å². The second-order valence-electron chi connectivity index (χ2n) is 8.34. The van der Waals surface area contributed by atoms with Crippen molar-refractivity contribution in [2.45, 2.75) is 18.3 Å². The number of hydrogen-bond acceptors (Lipinski definition) is 4. The molecule has 174 valence electrons. The lowest BCUT2D eigenvalue weighted by molar-refractivity contribution is -0.123. The highest BCUT2D eigenvalue weighted by molar-refractivity contribution is 8.01. The number of rotatable bonds is 4. The first-order valence-electron chi connectivity index (χ1n) is 11.0. The Balaban J connectivity index is 1.51. The van der Waals surface area contributed by atoms with Crippen molar-refractivity contribution in [3.05, 3.63) is 89.2 Å². The first kappa shape index (κ1) is 22.3. The Labute approximate surface area is 201 Å². The minimum absolute atomic E-state index is 0.166. The molecule has 8 heteroatoms. The minimum atomic E-state index is -1.15. The van der Waals surface area contributed by atoms with Crippen molar-refractivity contribution >= 4 is 35.1 Å². The molecule has 1 atom stereocenters. The summed E-state index contributed by atoms with van der Waals surface area (Å²) in [7, 11) is 1.57. The summed E-state index contributed by atoms with van der Waals surface area (Å²) in [6.45, 7) is 2.70. The number of nitrogens with one attached hydrogen (secondary N) is 1. The fourth-order valence-electron chi connectivity index (χ4n) is 4.55. The molecule has 2 heterocycles. The van der Waals surface area contributed by atoms with Crippen LogP contribution in [-0.2, 0) is 16.2 Å². The van der Waals surface area contributed by atoms with E-state index in [1.165, 1.54) is 23.9 Å². The third-order valence-corrected chi connectivity index (χ3v) is 7.59. The Morgan fingerprint density at radius 3 is 2.71 bits per heavy atom. The second-order valence-corrected chi connectivity index (χ2v) is 9.63. The molecule has 1 spiro atoms. The molecule has 5 rings (SSSR count). The van der Waals surface area contributed by atoms with Crippen LogP contribution in [0.3, 0.4) is 0 Å². The average Bonchev–Trinajstić information content (AvgIpc) is 3.38. The molecule has 0 aliphatic carbocycles. The molecular weight excluding hydrogens is 453 g/mol. The Morgan fingerprint density at radius 1 is 1.15 bits per heavy atom. The summed E-state index contributed by atoms with van der Waals surface area (Å²) in [6.07, 6.45) is 0. The van der Waals surface area contributed by atoms with Crippen LogP contribution in [0.5, 0.6) is 5.75 Å². The first-order chi connectivity index (χ1) is 16.4. The number of carbonyl (C=O) groups is 2. The fourth-order valence-corrected chi connectivity index (χ4v) is 6.00. The summed E-state index contributed by atoms with van der Waals surface area (Å²) in [5, 5.41) is 2.93. The molecule has 1 fully saturated rings. The quantitative estimate of drug-likeness (QED) is 0.566. The van der Waals surface area contributed by atoms with E-state index in [2.05, 4.69) is 5.32 Å². The number of halogens is 1. The third-order valence-electron chi connectivity index (χ3n) is 6.17. The monoisotopic (exact) mass is 477 g/mol. The summed E-state index contributed by atoms with van der Waals surface area (Å²) in [5.74, 6) is 0.776. The summed E-state index contributed by atoms with van der Waals surface area (Å²) < 4.78 is 18.7. The number of ether oxygens (including phenoxy) is 1. The van der Waals surface area contributed by atoms with Crippen LogP contribution in [0.15, 0.2) is 66.7 Å². The number of urea groups is 1. The standard InChI is InChI=1S/C26H24FN3O3S/c1-17-6-11-23-22(14-17)26(24(31)29(23)16-18-7-9-19(27)10-8-18)30(12-13-34-26)25(32)28-20-4-3-5-21(15-20)33-2/h3-11,14-15H,12-13,16H2,1-2H3,(H,28,32)/t26-/m0/s1. The number of anilines is 2. The summed E-state index contributed by atoms with van der Waals surface area (Å²) >= 11 is 1.47. The van der Waals surface area contributed by atoms with E-state index in [0.717, 1.165) is 22.4 Å². The van der Waals surface area contributed by atoms with Crippen molar-refractivity contribution in [2.75, 3.05) is 29.6 Å². The van der Waals surface area contributed by atoms with E-state index >= 15 is 0 Å². The van der Waals surface area contributed by atoms with Gasteiger partial charge in [-0.2, -0.15) is 0 Å². The SMILES string of the molecule is COc1cccc(NC(=O)N2CCS[C@@]23C(=O)N(Cc2ccc(F)cc2)c2ccc(C)cc23)c1. The zero-order chi connectivity index (χ0) is 23.9. The Hall–Kier alpha value is -3.52. The topological polar surface area (TPSA) is 61.9 Å². The van der Waals surface area contributed by atoms with Crippen LogP contribution in [0.4, 0.5) is 20.6 Å². The number of thioether (sulfide) groups is 1. The lowest BCUT2D eigenvalue weighted by Gasteiger charge is -2.33. The number of amides is 3. The number of nitrogens with zero attached hydrogens (tertiary/aromatic N) is 2. The second kappa shape index (κ2) is 8.68. The molecule has 6 nitrogen and oxygen atoms in total. The number of carbonyl (C=O) groups excluding carboxylic acids is 2. The van der Waals surface area contributed by atoms with Crippen LogP contribution < -0.4 is 15.0 Å². The normalized spacial score (nSPS) is 19.0. The summed E-state index contributed by atoms with van der Waals surface area (Å²) in [4.78, 5) is 29.7. The van der Waals surface area contributed by atoms with Gasteiger partial charge in [0.2, 0.25) is 0 Å². The van der Waals surface area contributed by atoms with Gasteiger partial charge in [0.25, 0.3) is 5.91 Å². The number of methoxy groups -OCH3 is 1. The van der Waals surface area contributed by atoms with Crippen LogP contribution in [0, 0.1) is 12.7 Å². The highest BCUT2D eigenvalue weighted by Crippen LogP contribution is 2.54. The van der Waals surface area contributed by atoms with Gasteiger partial charge in [0.05, 0.1) is 19.3 Å². The number of hydrogen-bond donors (Lipinski definition) is 1. The van der Waals surface area contributed by atoms with Gasteiger partial charge in [0, 0.05) is 29.6 Å². The average molecular weight is 478 g/mol. The van der Waals surface area contributed by atoms with E-state index in [-0.39, 0.29) is 17.8 Å². The van der Waals surface area contributed by atoms with Crippen molar-refractivity contribution in [3.8, 4) is 5.75 Å². The van der Waals surface area contributed by atoms with Crippen LogP contribution >= 0.6 is 11.8 Å². The molecule has 2 aliphatic heterocycles. The highest BCUT2D eigenvalue weighted by atomic mass is 32.2. The maximum absolute atomic E-state index is 14.0. The molecule has 0 saturated carbocycles. The predicted octanol–water partition coefficient (Wildman–Crippen LogP) is 5.12. The largest absolute Gasteiger partial charge is 0.497 e. The fraction of sp³-hybridized carbons (Fsp3) is 0.231. The lowest BCUT2D eigenvalue weighted by Crippen LogP contribution is -2.51. The molecule has 0 aromatic heterocycles. The van der Waals surface area contributed by atoms with E-state index in [4.69, 9.17) is 4.74 Å². The van der Waals surface area contributed by atoms with Gasteiger partial charge >= 0.3 is 6.03 Å². The van der Waals surface area contributed by atoms with Gasteiger partial charge in [-0.05, 0) is 42.8 Å². The first-order valence-corrected chi connectivity index (χ1v) is 11.9. The van der Waals surface area contributed by atoms with Crippen LogP contribution in [0.2, 0.25) is 0 Å². The molecule has 0 unspecified atom stereocenters. The van der Waals surface area contributed by atoms with Crippen molar-refractivity contribution in [1.29, 1.82) is 0 Å². The van der Waals surface area contributed by atoms with Gasteiger partial charge in [-0.15, -0.1) is 11.8 Å². The smallest absolute Gasteiger partial charge is 0.323 e. The minimum Gasteiger partial charge on any atom is -0.497 e. The summed E-state index contributed by atoms with van der Waals surface area (Å²) in [6, 6.07) is 18.8. The van der Waals surface area contributed by atoms with E-state index in [9.17, 15) is 14.0 Å². The van der Waals surface area contributed by atoms with Gasteiger partial charge in [-0.3, -0.25) is 9.69 Å². The van der Waals surface area contributed by atoms with E-state index in [0.29, 0.717) is 30.3 Å². The molecule has 3 aromatic rings. The molecule has 3 aromatic carbocycles. The van der Waals surface area contributed by atoms with Crippen LogP contribution in [0.25, 0.3) is 0 Å². The zero-order valence-electron chi connectivity index (χ0n) is 18.9. The van der Waals surface area contributed by atoms with Gasteiger partial charge in [-0.25, -0.2) is 9.18 Å². The number of fused-ring (bicyclic) bond motifs is 2. The van der Waals surface area contributed by atoms with Crippen molar-refractivity contribution in [3.63, 3.8) is 0 Å². The molecule has 3 amide bonds. The molecule has 1 N–H and O–H groups in total. The van der Waals surface area contributed by atoms with Gasteiger partial charge in [0.15, 0.2) is 4.87 Å². The maximum atomic E-state index is 14.0.